The molecule has 3 nitrogen and oxygen atoms in total. The van der Waals surface area contributed by atoms with Crippen LogP contribution in [0.25, 0.3) is 0 Å². The summed E-state index contributed by atoms with van der Waals surface area (Å²) < 4.78 is 6.24. The van der Waals surface area contributed by atoms with Gasteiger partial charge in [-0.05, 0) is 80.1 Å². The third-order valence-electron chi connectivity index (χ3n) is 10.2. The quantitative estimate of drug-likeness (QED) is 0.625. The molecule has 1 heterocycles. The van der Waals surface area contributed by atoms with Crippen molar-refractivity contribution in [2.75, 3.05) is 0 Å². The number of hydrogen-bond donors (Lipinski definition) is 0. The van der Waals surface area contributed by atoms with Crippen LogP contribution in [0.3, 0.4) is 0 Å². The van der Waals surface area contributed by atoms with Crippen LogP contribution in [0.4, 0.5) is 0 Å². The van der Waals surface area contributed by atoms with E-state index < -0.39 is 0 Å². The van der Waals surface area contributed by atoms with Gasteiger partial charge in [-0.15, -0.1) is 0 Å². The first kappa shape index (κ1) is 17.7. The second-order valence-electron chi connectivity index (χ2n) is 11.2. The van der Waals surface area contributed by atoms with Gasteiger partial charge in [0.2, 0.25) is 0 Å². The van der Waals surface area contributed by atoms with Gasteiger partial charge in [-0.2, -0.15) is 0 Å². The molecule has 5 fully saturated rings. The lowest BCUT2D eigenvalue weighted by atomic mass is 9.46. The van der Waals surface area contributed by atoms with Crippen molar-refractivity contribution in [3.63, 3.8) is 0 Å². The summed E-state index contributed by atoms with van der Waals surface area (Å²) in [5.41, 5.74) is 1.54. The molecule has 1 saturated heterocycles. The van der Waals surface area contributed by atoms with Crippen molar-refractivity contribution in [2.24, 2.45) is 46.8 Å². The molecule has 0 bridgehead atoms. The highest BCUT2D eigenvalue weighted by molar-refractivity contribution is 5.91. The van der Waals surface area contributed by atoms with E-state index in [4.69, 9.17) is 4.74 Å². The molecule has 0 aromatic carbocycles. The van der Waals surface area contributed by atoms with Crippen LogP contribution in [0.5, 0.6) is 0 Å². The van der Waals surface area contributed by atoms with Crippen molar-refractivity contribution < 1.29 is 14.3 Å². The molecule has 1 spiro atoms. The Kier molecular flexibility index (Phi) is 3.62. The lowest BCUT2D eigenvalue weighted by Gasteiger charge is -2.59. The molecular formula is C25H34O3. The lowest BCUT2D eigenvalue weighted by molar-refractivity contribution is -0.177. The molecule has 0 radical (unpaired) electrons. The number of esters is 1. The first-order valence-corrected chi connectivity index (χ1v) is 11.9. The van der Waals surface area contributed by atoms with Crippen LogP contribution in [0.1, 0.15) is 78.1 Å². The second-order valence-corrected chi connectivity index (χ2v) is 11.2. The van der Waals surface area contributed by atoms with E-state index in [1.807, 2.05) is 6.08 Å². The molecular weight excluding hydrogens is 348 g/mol. The molecule has 0 amide bonds. The molecule has 9 unspecified atom stereocenters. The molecule has 6 rings (SSSR count). The van der Waals surface area contributed by atoms with Crippen LogP contribution in [-0.4, -0.2) is 17.4 Å². The Labute approximate surface area is 168 Å². The van der Waals surface area contributed by atoms with Crippen molar-refractivity contribution >= 4 is 11.8 Å². The number of ketones is 1. The van der Waals surface area contributed by atoms with Crippen LogP contribution >= 0.6 is 0 Å². The summed E-state index contributed by atoms with van der Waals surface area (Å²) in [6.07, 6.45) is 12.9. The zero-order valence-electron chi connectivity index (χ0n) is 17.4. The number of rotatable bonds is 2. The Bertz CT molecular complexity index is 768. The number of carbonyl (C=O) groups excluding carboxylic acids is 2. The van der Waals surface area contributed by atoms with Gasteiger partial charge in [0.05, 0.1) is 0 Å². The number of fused-ring (bicyclic) bond motifs is 9. The van der Waals surface area contributed by atoms with E-state index in [9.17, 15) is 9.59 Å². The highest BCUT2D eigenvalue weighted by Crippen LogP contribution is 2.79. The fourth-order valence-corrected chi connectivity index (χ4v) is 9.38. The van der Waals surface area contributed by atoms with Crippen molar-refractivity contribution in [3.05, 3.63) is 11.6 Å². The smallest absolute Gasteiger partial charge is 0.306 e. The molecule has 1 aliphatic heterocycles. The van der Waals surface area contributed by atoms with Crippen LogP contribution in [0.2, 0.25) is 0 Å². The molecule has 4 saturated carbocycles. The highest BCUT2D eigenvalue weighted by Gasteiger charge is 2.79. The predicted octanol–water partition coefficient (Wildman–Crippen LogP) is 5.09. The minimum Gasteiger partial charge on any atom is -0.458 e. The van der Waals surface area contributed by atoms with Crippen LogP contribution in [-0.2, 0) is 14.3 Å². The van der Waals surface area contributed by atoms with Gasteiger partial charge in [0.25, 0.3) is 0 Å². The van der Waals surface area contributed by atoms with Crippen molar-refractivity contribution in [3.8, 4) is 0 Å². The number of carbonyl (C=O) groups is 2. The van der Waals surface area contributed by atoms with E-state index in [2.05, 4.69) is 13.8 Å². The standard InChI is InChI=1S/C25H34O3/c1-3-4-14-11-15-12-16(26)5-6-17(15)18-7-9-24(2)23(22(14)18)19-13-20(19)25(24)10-8-21(27)28-25/h12,14,17-20,22-23H,3-11,13H2,1-2H3. The zero-order chi connectivity index (χ0) is 19.3. The number of hydrogen-bond acceptors (Lipinski definition) is 3. The van der Waals surface area contributed by atoms with Gasteiger partial charge in [-0.1, -0.05) is 32.3 Å². The van der Waals surface area contributed by atoms with Crippen molar-refractivity contribution in [1.82, 2.24) is 0 Å². The van der Waals surface area contributed by atoms with E-state index in [0.29, 0.717) is 24.0 Å². The zero-order valence-corrected chi connectivity index (χ0v) is 17.4. The van der Waals surface area contributed by atoms with Gasteiger partial charge >= 0.3 is 5.97 Å². The van der Waals surface area contributed by atoms with E-state index in [1.165, 1.54) is 37.7 Å². The van der Waals surface area contributed by atoms with Gasteiger partial charge < -0.3 is 4.74 Å². The molecule has 0 aromatic heterocycles. The summed E-state index contributed by atoms with van der Waals surface area (Å²) in [5.74, 6) is 5.50. The average molecular weight is 383 g/mol. The van der Waals surface area contributed by atoms with Crippen molar-refractivity contribution in [2.45, 2.75) is 83.7 Å². The summed E-state index contributed by atoms with van der Waals surface area (Å²) in [5, 5.41) is 0. The molecule has 0 N–H and O–H groups in total. The molecule has 9 atom stereocenters. The van der Waals surface area contributed by atoms with Crippen LogP contribution < -0.4 is 0 Å². The molecule has 3 heteroatoms. The molecule has 28 heavy (non-hydrogen) atoms. The Morgan fingerprint density at radius 2 is 2.00 bits per heavy atom. The van der Waals surface area contributed by atoms with E-state index in [0.717, 1.165) is 55.3 Å². The minimum absolute atomic E-state index is 0.0550. The highest BCUT2D eigenvalue weighted by atomic mass is 16.6. The SMILES string of the molecule is CCCC1CC2=CC(=O)CCC2C2CCC3(C)C(C4CC4C34CCC(=O)O4)C12. The van der Waals surface area contributed by atoms with E-state index >= 15 is 0 Å². The third-order valence-corrected chi connectivity index (χ3v) is 10.2. The normalized spacial score (nSPS) is 53.8. The third kappa shape index (κ3) is 2.07. The Hall–Kier alpha value is -1.12. The first-order chi connectivity index (χ1) is 13.5. The summed E-state index contributed by atoms with van der Waals surface area (Å²) in [6.45, 7) is 4.82. The minimum atomic E-state index is -0.139. The van der Waals surface area contributed by atoms with E-state index in [-0.39, 0.29) is 17.0 Å². The average Bonchev–Trinajstić information content (AvgIpc) is 3.30. The first-order valence-electron chi connectivity index (χ1n) is 11.9. The van der Waals surface area contributed by atoms with Gasteiger partial charge in [-0.3, -0.25) is 9.59 Å². The van der Waals surface area contributed by atoms with Gasteiger partial charge in [-0.25, -0.2) is 0 Å². The fraction of sp³-hybridized carbons (Fsp3) is 0.840. The van der Waals surface area contributed by atoms with Crippen LogP contribution in [0, 0.1) is 46.8 Å². The molecule has 152 valence electrons. The fourth-order valence-electron chi connectivity index (χ4n) is 9.38. The van der Waals surface area contributed by atoms with Gasteiger partial charge in [0.1, 0.15) is 5.60 Å². The summed E-state index contributed by atoms with van der Waals surface area (Å²) in [4.78, 5) is 24.3. The van der Waals surface area contributed by atoms with Gasteiger partial charge in [0, 0.05) is 24.2 Å². The molecule has 0 aromatic rings. The second kappa shape index (κ2) is 5.73. The number of ether oxygens (including phenoxy) is 1. The predicted molar refractivity (Wildman–Crippen MR) is 106 cm³/mol. The van der Waals surface area contributed by atoms with E-state index in [1.54, 1.807) is 0 Å². The topological polar surface area (TPSA) is 43.4 Å². The van der Waals surface area contributed by atoms with Gasteiger partial charge in [0.15, 0.2) is 5.78 Å². The Morgan fingerprint density at radius 1 is 1.14 bits per heavy atom. The molecule has 5 aliphatic carbocycles. The molecule has 6 aliphatic rings. The summed E-state index contributed by atoms with van der Waals surface area (Å²) >= 11 is 0. The lowest BCUT2D eigenvalue weighted by Crippen LogP contribution is -2.56. The summed E-state index contributed by atoms with van der Waals surface area (Å²) in [7, 11) is 0. The maximum atomic E-state index is 12.2. The maximum Gasteiger partial charge on any atom is 0.306 e. The van der Waals surface area contributed by atoms with Crippen LogP contribution in [0.15, 0.2) is 11.6 Å². The Morgan fingerprint density at radius 3 is 2.75 bits per heavy atom. The van der Waals surface area contributed by atoms with Crippen molar-refractivity contribution in [1.29, 1.82) is 0 Å². The largest absolute Gasteiger partial charge is 0.458 e. The Balaban J connectivity index is 1.41. The maximum absolute atomic E-state index is 12.2. The summed E-state index contributed by atoms with van der Waals surface area (Å²) in [6, 6.07) is 0. The number of allylic oxidation sites excluding steroid dienone is 1. The monoisotopic (exact) mass is 382 g/mol.